The van der Waals surface area contributed by atoms with E-state index in [1.165, 1.54) is 4.90 Å². The highest BCUT2D eigenvalue weighted by Gasteiger charge is 2.35. The molecule has 5 heteroatoms. The first-order chi connectivity index (χ1) is 8.88. The van der Waals surface area contributed by atoms with E-state index >= 15 is 0 Å². The molecule has 1 aromatic carbocycles. The van der Waals surface area contributed by atoms with Gasteiger partial charge in [0.15, 0.2) is 0 Å². The molecule has 3 N–H and O–H groups in total. The first-order valence-electron chi connectivity index (χ1n) is 6.31. The molecule has 0 spiro atoms. The molecular formula is C13H18N2O2S. The van der Waals surface area contributed by atoms with Crippen LogP contribution in [0.25, 0.3) is 0 Å². The maximum Gasteiger partial charge on any atom is 0.133 e. The summed E-state index contributed by atoms with van der Waals surface area (Å²) >= 11 is 1.84. The molecule has 3 rings (SSSR count). The van der Waals surface area contributed by atoms with Crippen molar-refractivity contribution >= 4 is 11.8 Å². The fourth-order valence-corrected chi connectivity index (χ4v) is 3.65. The van der Waals surface area contributed by atoms with Crippen LogP contribution in [-0.4, -0.2) is 31.1 Å². The molecular weight excluding hydrogens is 248 g/mol. The zero-order valence-corrected chi connectivity index (χ0v) is 11.0. The highest BCUT2D eigenvalue weighted by atomic mass is 32.2. The maximum absolute atomic E-state index is 6.08. The third-order valence-corrected chi connectivity index (χ3v) is 4.74. The second-order valence-electron chi connectivity index (χ2n) is 4.73. The minimum atomic E-state index is 0.113. The third-order valence-electron chi connectivity index (χ3n) is 3.60. The van der Waals surface area contributed by atoms with Gasteiger partial charge in [0.25, 0.3) is 0 Å². The molecule has 0 aromatic heterocycles. The van der Waals surface area contributed by atoms with Gasteiger partial charge in [0.2, 0.25) is 0 Å². The summed E-state index contributed by atoms with van der Waals surface area (Å²) < 4.78 is 11.5. The second kappa shape index (κ2) is 5.48. The Hall–Kier alpha value is -0.750. The van der Waals surface area contributed by atoms with Gasteiger partial charge < -0.3 is 9.47 Å². The number of para-hydroxylation sites is 1. The van der Waals surface area contributed by atoms with E-state index in [1.807, 2.05) is 30.0 Å². The average Bonchev–Trinajstić information content (AvgIpc) is 2.93. The fraction of sp³-hybridized carbons (Fsp3) is 0.538. The SMILES string of the molecule is NNC(C1CCOC1)C1CSc2ccccc2O1. The van der Waals surface area contributed by atoms with Gasteiger partial charge in [0.05, 0.1) is 12.6 Å². The van der Waals surface area contributed by atoms with Crippen molar-refractivity contribution in [3.63, 3.8) is 0 Å². The standard InChI is InChI=1S/C13H18N2O2S/c14-15-13(9-5-6-16-7-9)11-8-18-12-4-2-1-3-10(12)17-11/h1-4,9,11,13,15H,5-8,14H2. The Balaban J connectivity index is 1.73. The molecule has 3 atom stereocenters. The van der Waals surface area contributed by atoms with E-state index < -0.39 is 0 Å². The summed E-state index contributed by atoms with van der Waals surface area (Å²) in [5.74, 6) is 8.06. The summed E-state index contributed by atoms with van der Waals surface area (Å²) in [7, 11) is 0. The second-order valence-corrected chi connectivity index (χ2v) is 5.79. The van der Waals surface area contributed by atoms with Gasteiger partial charge in [-0.25, -0.2) is 0 Å². The van der Waals surface area contributed by atoms with E-state index in [2.05, 4.69) is 11.5 Å². The Kier molecular flexibility index (Phi) is 3.75. The van der Waals surface area contributed by atoms with Crippen molar-refractivity contribution in [2.75, 3.05) is 19.0 Å². The Morgan fingerprint density at radius 1 is 1.39 bits per heavy atom. The van der Waals surface area contributed by atoms with Gasteiger partial charge in [0.1, 0.15) is 11.9 Å². The van der Waals surface area contributed by atoms with Crippen molar-refractivity contribution in [1.29, 1.82) is 0 Å². The number of nitrogens with one attached hydrogen (secondary N) is 1. The lowest BCUT2D eigenvalue weighted by Gasteiger charge is -2.34. The minimum absolute atomic E-state index is 0.113. The Bertz CT molecular complexity index is 410. The molecule has 4 nitrogen and oxygen atoms in total. The lowest BCUT2D eigenvalue weighted by molar-refractivity contribution is 0.116. The molecule has 0 saturated carbocycles. The minimum Gasteiger partial charge on any atom is -0.487 e. The van der Waals surface area contributed by atoms with Crippen molar-refractivity contribution in [3.05, 3.63) is 24.3 Å². The Morgan fingerprint density at radius 2 is 2.28 bits per heavy atom. The zero-order chi connectivity index (χ0) is 12.4. The molecule has 2 aliphatic rings. The molecule has 0 bridgehead atoms. The quantitative estimate of drug-likeness (QED) is 0.640. The van der Waals surface area contributed by atoms with Crippen LogP contribution >= 0.6 is 11.8 Å². The molecule has 0 aliphatic carbocycles. The highest BCUT2D eigenvalue weighted by molar-refractivity contribution is 7.99. The predicted octanol–water partition coefficient (Wildman–Crippen LogP) is 1.41. The van der Waals surface area contributed by atoms with Gasteiger partial charge >= 0.3 is 0 Å². The number of rotatable bonds is 3. The molecule has 1 saturated heterocycles. The fourth-order valence-electron chi connectivity index (χ4n) is 2.60. The molecule has 0 amide bonds. The van der Waals surface area contributed by atoms with Gasteiger partial charge in [-0.3, -0.25) is 11.3 Å². The first-order valence-corrected chi connectivity index (χ1v) is 7.29. The lowest BCUT2D eigenvalue weighted by atomic mass is 9.95. The molecule has 0 radical (unpaired) electrons. The van der Waals surface area contributed by atoms with Crippen LogP contribution in [0.3, 0.4) is 0 Å². The van der Waals surface area contributed by atoms with Crippen molar-refractivity contribution in [2.45, 2.75) is 23.5 Å². The molecule has 1 fully saturated rings. The smallest absolute Gasteiger partial charge is 0.133 e. The number of thioether (sulfide) groups is 1. The molecule has 2 aliphatic heterocycles. The van der Waals surface area contributed by atoms with Crippen LogP contribution < -0.4 is 16.0 Å². The molecule has 2 heterocycles. The maximum atomic E-state index is 6.08. The van der Waals surface area contributed by atoms with Crippen LogP contribution in [0.4, 0.5) is 0 Å². The third kappa shape index (κ3) is 2.36. The van der Waals surface area contributed by atoms with Crippen LogP contribution in [0.5, 0.6) is 5.75 Å². The van der Waals surface area contributed by atoms with Crippen molar-refractivity contribution in [2.24, 2.45) is 11.8 Å². The Morgan fingerprint density at radius 3 is 3.06 bits per heavy atom. The summed E-state index contributed by atoms with van der Waals surface area (Å²) in [6, 6.07) is 8.32. The van der Waals surface area contributed by atoms with Gasteiger partial charge in [-0.2, -0.15) is 0 Å². The van der Waals surface area contributed by atoms with Crippen LogP contribution in [0.1, 0.15) is 6.42 Å². The highest BCUT2D eigenvalue weighted by Crippen LogP contribution is 2.37. The van der Waals surface area contributed by atoms with Crippen molar-refractivity contribution < 1.29 is 9.47 Å². The zero-order valence-electron chi connectivity index (χ0n) is 10.2. The topological polar surface area (TPSA) is 56.5 Å². The summed E-state index contributed by atoms with van der Waals surface area (Å²) in [4.78, 5) is 1.21. The predicted molar refractivity (Wildman–Crippen MR) is 71.6 cm³/mol. The molecule has 18 heavy (non-hydrogen) atoms. The van der Waals surface area contributed by atoms with Gasteiger partial charge in [-0.05, 0) is 18.6 Å². The van der Waals surface area contributed by atoms with Crippen LogP contribution in [0.2, 0.25) is 0 Å². The van der Waals surface area contributed by atoms with Crippen molar-refractivity contribution in [3.8, 4) is 5.75 Å². The number of hydrazine groups is 1. The van der Waals surface area contributed by atoms with E-state index in [-0.39, 0.29) is 12.1 Å². The monoisotopic (exact) mass is 266 g/mol. The normalized spacial score (nSPS) is 28.5. The summed E-state index contributed by atoms with van der Waals surface area (Å²) in [6.45, 7) is 1.61. The Labute approximate surface area is 111 Å². The number of benzene rings is 1. The van der Waals surface area contributed by atoms with E-state index in [0.29, 0.717) is 5.92 Å². The van der Waals surface area contributed by atoms with Gasteiger partial charge in [-0.1, -0.05) is 12.1 Å². The first kappa shape index (κ1) is 12.3. The average molecular weight is 266 g/mol. The van der Waals surface area contributed by atoms with E-state index in [4.69, 9.17) is 15.3 Å². The van der Waals surface area contributed by atoms with Gasteiger partial charge in [0, 0.05) is 23.2 Å². The molecule has 3 unspecified atom stereocenters. The van der Waals surface area contributed by atoms with E-state index in [1.54, 1.807) is 0 Å². The van der Waals surface area contributed by atoms with E-state index in [9.17, 15) is 0 Å². The lowest BCUT2D eigenvalue weighted by Crippen LogP contribution is -2.53. The van der Waals surface area contributed by atoms with Crippen LogP contribution in [-0.2, 0) is 4.74 Å². The summed E-state index contributed by atoms with van der Waals surface area (Å²) in [5, 5.41) is 0. The number of ether oxygens (including phenoxy) is 2. The molecule has 1 aromatic rings. The van der Waals surface area contributed by atoms with Crippen LogP contribution in [0.15, 0.2) is 29.2 Å². The largest absolute Gasteiger partial charge is 0.487 e. The van der Waals surface area contributed by atoms with Gasteiger partial charge in [-0.15, -0.1) is 11.8 Å². The summed E-state index contributed by atoms with van der Waals surface area (Å²) in [6.07, 6.45) is 1.17. The van der Waals surface area contributed by atoms with Crippen molar-refractivity contribution in [1.82, 2.24) is 5.43 Å². The number of hydrogen-bond acceptors (Lipinski definition) is 5. The molecule has 98 valence electrons. The summed E-state index contributed by atoms with van der Waals surface area (Å²) in [5.41, 5.74) is 2.93. The number of nitrogens with two attached hydrogens (primary N) is 1. The van der Waals surface area contributed by atoms with E-state index in [0.717, 1.165) is 31.1 Å². The van der Waals surface area contributed by atoms with Crippen LogP contribution in [0, 0.1) is 5.92 Å². The number of hydrogen-bond donors (Lipinski definition) is 2. The number of fused-ring (bicyclic) bond motifs is 1.